The summed E-state index contributed by atoms with van der Waals surface area (Å²) in [6, 6.07) is 6.32. The van der Waals surface area contributed by atoms with Gasteiger partial charge in [0.15, 0.2) is 0 Å². The summed E-state index contributed by atoms with van der Waals surface area (Å²) in [5.41, 5.74) is 2.61. The zero-order valence-corrected chi connectivity index (χ0v) is 9.38. The summed E-state index contributed by atoms with van der Waals surface area (Å²) < 4.78 is 5.79. The predicted molar refractivity (Wildman–Crippen MR) is 63.7 cm³/mol. The topological polar surface area (TPSA) is 21.3 Å². The molecule has 0 saturated heterocycles. The molecule has 1 aromatic carbocycles. The van der Waals surface area contributed by atoms with Crippen LogP contribution >= 0.6 is 0 Å². The van der Waals surface area contributed by atoms with Gasteiger partial charge in [0, 0.05) is 6.54 Å². The van der Waals surface area contributed by atoms with E-state index in [1.807, 2.05) is 0 Å². The van der Waals surface area contributed by atoms with E-state index in [4.69, 9.17) is 4.74 Å². The molecule has 82 valence electrons. The first-order chi connectivity index (χ1) is 7.42. The second-order valence-electron chi connectivity index (χ2n) is 4.02. The maximum absolute atomic E-state index is 5.79. The van der Waals surface area contributed by atoms with E-state index in [9.17, 15) is 0 Å². The Morgan fingerprint density at radius 3 is 3.13 bits per heavy atom. The van der Waals surface area contributed by atoms with Crippen molar-refractivity contribution in [3.63, 3.8) is 0 Å². The molecule has 0 unspecified atom stereocenters. The minimum absolute atomic E-state index is 0.839. The average molecular weight is 205 g/mol. The number of para-hydroxylation sites is 1. The highest BCUT2D eigenvalue weighted by Gasteiger charge is 2.13. The van der Waals surface area contributed by atoms with Gasteiger partial charge >= 0.3 is 0 Å². The lowest BCUT2D eigenvalue weighted by Crippen LogP contribution is -2.00. The standard InChI is InChI=1S/C13H19NO/c1-2-3-4-10-15-12-7-5-6-11-8-9-14-13(11)12/h5-7,14H,2-4,8-10H2,1H3. The van der Waals surface area contributed by atoms with Crippen LogP contribution in [0.5, 0.6) is 5.75 Å². The highest BCUT2D eigenvalue weighted by atomic mass is 16.5. The van der Waals surface area contributed by atoms with Gasteiger partial charge in [0.1, 0.15) is 5.75 Å². The van der Waals surface area contributed by atoms with Crippen molar-refractivity contribution in [2.24, 2.45) is 0 Å². The molecular formula is C13H19NO. The van der Waals surface area contributed by atoms with Crippen molar-refractivity contribution in [1.29, 1.82) is 0 Å². The molecule has 0 amide bonds. The van der Waals surface area contributed by atoms with Gasteiger partial charge in [0.05, 0.1) is 12.3 Å². The van der Waals surface area contributed by atoms with Crippen molar-refractivity contribution in [2.45, 2.75) is 32.6 Å². The van der Waals surface area contributed by atoms with E-state index in [-0.39, 0.29) is 0 Å². The molecule has 1 aliphatic rings. The number of nitrogens with one attached hydrogen (secondary N) is 1. The fourth-order valence-electron chi connectivity index (χ4n) is 1.96. The average Bonchev–Trinajstić information content (AvgIpc) is 2.73. The molecule has 1 heterocycles. The summed E-state index contributed by atoms with van der Waals surface area (Å²) in [5.74, 6) is 1.03. The number of benzene rings is 1. The number of hydrogen-bond acceptors (Lipinski definition) is 2. The highest BCUT2D eigenvalue weighted by Crippen LogP contribution is 2.32. The molecule has 0 aromatic heterocycles. The van der Waals surface area contributed by atoms with Crippen LogP contribution in [0.3, 0.4) is 0 Å². The van der Waals surface area contributed by atoms with Gasteiger partial charge in [0.2, 0.25) is 0 Å². The molecule has 15 heavy (non-hydrogen) atoms. The van der Waals surface area contributed by atoms with Gasteiger partial charge in [-0.2, -0.15) is 0 Å². The SMILES string of the molecule is CCCCCOc1cccc2c1NCC2. The molecular weight excluding hydrogens is 186 g/mol. The molecule has 2 nitrogen and oxygen atoms in total. The summed E-state index contributed by atoms with van der Waals surface area (Å²) >= 11 is 0. The third-order valence-corrected chi connectivity index (χ3v) is 2.81. The summed E-state index contributed by atoms with van der Waals surface area (Å²) in [4.78, 5) is 0. The minimum Gasteiger partial charge on any atom is -0.491 e. The first-order valence-electron chi connectivity index (χ1n) is 5.90. The third kappa shape index (κ3) is 2.44. The molecule has 1 aromatic rings. The Balaban J connectivity index is 1.94. The molecule has 2 rings (SSSR count). The summed E-state index contributed by atoms with van der Waals surface area (Å²) in [6.45, 7) is 4.10. The number of ether oxygens (including phenoxy) is 1. The maximum atomic E-state index is 5.79. The fourth-order valence-corrected chi connectivity index (χ4v) is 1.96. The van der Waals surface area contributed by atoms with Crippen molar-refractivity contribution in [3.05, 3.63) is 23.8 Å². The van der Waals surface area contributed by atoms with E-state index >= 15 is 0 Å². The Kier molecular flexibility index (Phi) is 3.49. The van der Waals surface area contributed by atoms with Gasteiger partial charge in [-0.3, -0.25) is 0 Å². The van der Waals surface area contributed by atoms with E-state index in [0.29, 0.717) is 0 Å². The quantitative estimate of drug-likeness (QED) is 0.745. The van der Waals surface area contributed by atoms with Crippen molar-refractivity contribution < 1.29 is 4.74 Å². The number of unbranched alkanes of at least 4 members (excludes halogenated alkanes) is 2. The van der Waals surface area contributed by atoms with Crippen LogP contribution in [0.4, 0.5) is 5.69 Å². The molecule has 0 spiro atoms. The van der Waals surface area contributed by atoms with Crippen LogP contribution in [0, 0.1) is 0 Å². The normalized spacial score (nSPS) is 13.4. The summed E-state index contributed by atoms with van der Waals surface area (Å²) in [7, 11) is 0. The van der Waals surface area contributed by atoms with Gasteiger partial charge < -0.3 is 10.1 Å². The van der Waals surface area contributed by atoms with E-state index in [1.165, 1.54) is 24.1 Å². The van der Waals surface area contributed by atoms with Gasteiger partial charge in [-0.25, -0.2) is 0 Å². The number of rotatable bonds is 5. The highest BCUT2D eigenvalue weighted by molar-refractivity contribution is 5.65. The molecule has 0 saturated carbocycles. The van der Waals surface area contributed by atoms with Crippen LogP contribution in [0.15, 0.2) is 18.2 Å². The van der Waals surface area contributed by atoms with E-state index in [2.05, 4.69) is 30.4 Å². The largest absolute Gasteiger partial charge is 0.491 e. The van der Waals surface area contributed by atoms with Gasteiger partial charge in [-0.05, 0) is 24.5 Å². The Morgan fingerprint density at radius 1 is 1.33 bits per heavy atom. The lowest BCUT2D eigenvalue weighted by atomic mass is 10.1. The third-order valence-electron chi connectivity index (χ3n) is 2.81. The van der Waals surface area contributed by atoms with Gasteiger partial charge in [0.25, 0.3) is 0 Å². The van der Waals surface area contributed by atoms with Crippen LogP contribution in [0.2, 0.25) is 0 Å². The molecule has 0 radical (unpaired) electrons. The Bertz CT molecular complexity index is 322. The van der Waals surface area contributed by atoms with Crippen molar-refractivity contribution in [3.8, 4) is 5.75 Å². The second kappa shape index (κ2) is 5.06. The molecule has 2 heteroatoms. The first kappa shape index (κ1) is 10.3. The monoisotopic (exact) mass is 205 g/mol. The number of hydrogen-bond donors (Lipinski definition) is 1. The van der Waals surface area contributed by atoms with Crippen LogP contribution in [-0.4, -0.2) is 13.2 Å². The zero-order chi connectivity index (χ0) is 10.5. The number of fused-ring (bicyclic) bond motifs is 1. The summed E-state index contributed by atoms with van der Waals surface area (Å²) in [5, 5.41) is 3.38. The lowest BCUT2D eigenvalue weighted by Gasteiger charge is -2.10. The smallest absolute Gasteiger partial charge is 0.142 e. The predicted octanol–water partition coefficient (Wildman–Crippen LogP) is 3.22. The molecule has 0 bridgehead atoms. The second-order valence-corrected chi connectivity index (χ2v) is 4.02. The number of anilines is 1. The van der Waals surface area contributed by atoms with Crippen LogP contribution in [0.1, 0.15) is 31.7 Å². The molecule has 1 N–H and O–H groups in total. The maximum Gasteiger partial charge on any atom is 0.142 e. The zero-order valence-electron chi connectivity index (χ0n) is 9.38. The molecule has 1 aliphatic heterocycles. The van der Waals surface area contributed by atoms with Crippen molar-refractivity contribution >= 4 is 5.69 Å². The van der Waals surface area contributed by atoms with E-state index < -0.39 is 0 Å². The lowest BCUT2D eigenvalue weighted by molar-refractivity contribution is 0.307. The van der Waals surface area contributed by atoms with Crippen molar-refractivity contribution in [2.75, 3.05) is 18.5 Å². The fraction of sp³-hybridized carbons (Fsp3) is 0.538. The van der Waals surface area contributed by atoms with Crippen LogP contribution in [0.25, 0.3) is 0 Å². The minimum atomic E-state index is 0.839. The molecule has 0 aliphatic carbocycles. The molecule has 0 fully saturated rings. The Morgan fingerprint density at radius 2 is 2.27 bits per heavy atom. The van der Waals surface area contributed by atoms with Crippen LogP contribution in [-0.2, 0) is 6.42 Å². The molecule has 0 atom stereocenters. The van der Waals surface area contributed by atoms with Crippen LogP contribution < -0.4 is 10.1 Å². The van der Waals surface area contributed by atoms with E-state index in [1.54, 1.807) is 0 Å². The summed E-state index contributed by atoms with van der Waals surface area (Å²) in [6.07, 6.45) is 4.78. The van der Waals surface area contributed by atoms with Crippen molar-refractivity contribution in [1.82, 2.24) is 0 Å². The Hall–Kier alpha value is -1.18. The van der Waals surface area contributed by atoms with E-state index in [0.717, 1.165) is 31.7 Å². The Labute approximate surface area is 91.6 Å². The van der Waals surface area contributed by atoms with Gasteiger partial charge in [-0.15, -0.1) is 0 Å². The first-order valence-corrected chi connectivity index (χ1v) is 5.90. The van der Waals surface area contributed by atoms with Gasteiger partial charge in [-0.1, -0.05) is 31.9 Å².